The van der Waals surface area contributed by atoms with Crippen molar-refractivity contribution in [1.29, 1.82) is 0 Å². The highest BCUT2D eigenvalue weighted by atomic mass is 16.4. The fourth-order valence-corrected chi connectivity index (χ4v) is 2.22. The number of nitrogens with one attached hydrogen (secondary N) is 1. The van der Waals surface area contributed by atoms with E-state index < -0.39 is 5.97 Å². The molecule has 0 aromatic heterocycles. The predicted molar refractivity (Wildman–Crippen MR) is 64.6 cm³/mol. The molecule has 2 N–H and O–H groups in total. The van der Waals surface area contributed by atoms with E-state index in [1.54, 1.807) is 0 Å². The Hall–Kier alpha value is -0.610. The summed E-state index contributed by atoms with van der Waals surface area (Å²) < 4.78 is 0. The lowest BCUT2D eigenvalue weighted by molar-refractivity contribution is -0.136. The Morgan fingerprint density at radius 2 is 2.19 bits per heavy atom. The molecular formula is C12H24N2O2. The van der Waals surface area contributed by atoms with Gasteiger partial charge in [0.05, 0.1) is 6.42 Å². The van der Waals surface area contributed by atoms with Crippen LogP contribution in [0.1, 0.15) is 39.5 Å². The van der Waals surface area contributed by atoms with Gasteiger partial charge in [-0.15, -0.1) is 0 Å². The summed E-state index contributed by atoms with van der Waals surface area (Å²) in [6.07, 6.45) is 3.74. The van der Waals surface area contributed by atoms with Gasteiger partial charge in [0, 0.05) is 18.6 Å². The summed E-state index contributed by atoms with van der Waals surface area (Å²) >= 11 is 0. The number of nitrogens with zero attached hydrogens (tertiary/aromatic N) is 1. The van der Waals surface area contributed by atoms with E-state index in [1.165, 1.54) is 19.4 Å². The predicted octanol–water partition coefficient (Wildman–Crippen LogP) is 1.31. The summed E-state index contributed by atoms with van der Waals surface area (Å²) in [6, 6.07) is 1.13. The van der Waals surface area contributed by atoms with Crippen LogP contribution in [0.4, 0.5) is 0 Å². The first kappa shape index (κ1) is 13.5. The van der Waals surface area contributed by atoms with Gasteiger partial charge in [-0.05, 0) is 46.2 Å². The monoisotopic (exact) mass is 228 g/mol. The van der Waals surface area contributed by atoms with Crippen LogP contribution in [0.25, 0.3) is 0 Å². The quantitative estimate of drug-likeness (QED) is 0.745. The molecule has 0 spiro atoms. The Kier molecular flexibility index (Phi) is 5.77. The molecule has 0 saturated carbocycles. The van der Waals surface area contributed by atoms with Crippen LogP contribution in [0.15, 0.2) is 0 Å². The summed E-state index contributed by atoms with van der Waals surface area (Å²) in [5.74, 6) is -0.718. The maximum absolute atomic E-state index is 10.4. The standard InChI is InChI=1S/C12H24N2O2/c1-10(2)14-8-3-4-11(6-9-14)13-7-5-12(15)16/h10-11,13H,3-9H2,1-2H3,(H,15,16). The zero-order valence-corrected chi connectivity index (χ0v) is 10.4. The van der Waals surface area contributed by atoms with E-state index in [9.17, 15) is 4.79 Å². The maximum Gasteiger partial charge on any atom is 0.304 e. The third-order valence-corrected chi connectivity index (χ3v) is 3.26. The van der Waals surface area contributed by atoms with Crippen molar-refractivity contribution in [3.05, 3.63) is 0 Å². The van der Waals surface area contributed by atoms with Gasteiger partial charge in [0.1, 0.15) is 0 Å². The molecule has 0 aromatic rings. The Bertz CT molecular complexity index is 219. The van der Waals surface area contributed by atoms with Gasteiger partial charge >= 0.3 is 5.97 Å². The van der Waals surface area contributed by atoms with Crippen molar-refractivity contribution in [1.82, 2.24) is 10.2 Å². The van der Waals surface area contributed by atoms with Crippen molar-refractivity contribution in [2.75, 3.05) is 19.6 Å². The van der Waals surface area contributed by atoms with Crippen molar-refractivity contribution in [3.63, 3.8) is 0 Å². The number of likely N-dealkylation sites (tertiary alicyclic amines) is 1. The first-order chi connectivity index (χ1) is 7.59. The molecule has 1 rings (SSSR count). The van der Waals surface area contributed by atoms with Crippen LogP contribution in [-0.2, 0) is 4.79 Å². The SMILES string of the molecule is CC(C)N1CCCC(NCCC(=O)O)CC1. The molecule has 1 unspecified atom stereocenters. The molecule has 1 heterocycles. The smallest absolute Gasteiger partial charge is 0.304 e. The maximum atomic E-state index is 10.4. The molecule has 4 nitrogen and oxygen atoms in total. The minimum absolute atomic E-state index is 0.227. The molecule has 1 aliphatic heterocycles. The van der Waals surface area contributed by atoms with Crippen molar-refractivity contribution in [3.8, 4) is 0 Å². The number of hydrogen-bond donors (Lipinski definition) is 2. The molecule has 1 saturated heterocycles. The molecule has 0 aromatic carbocycles. The number of hydrogen-bond acceptors (Lipinski definition) is 3. The van der Waals surface area contributed by atoms with E-state index in [2.05, 4.69) is 24.1 Å². The van der Waals surface area contributed by atoms with Crippen molar-refractivity contribution in [2.24, 2.45) is 0 Å². The molecule has 1 aliphatic rings. The molecule has 0 bridgehead atoms. The van der Waals surface area contributed by atoms with E-state index in [-0.39, 0.29) is 6.42 Å². The fourth-order valence-electron chi connectivity index (χ4n) is 2.22. The highest BCUT2D eigenvalue weighted by Gasteiger charge is 2.18. The lowest BCUT2D eigenvalue weighted by Crippen LogP contribution is -2.34. The average Bonchev–Trinajstić information content (AvgIpc) is 2.42. The lowest BCUT2D eigenvalue weighted by atomic mass is 10.1. The summed E-state index contributed by atoms with van der Waals surface area (Å²) in [5, 5.41) is 11.9. The number of rotatable bonds is 5. The van der Waals surface area contributed by atoms with Crippen LogP contribution in [0.3, 0.4) is 0 Å². The van der Waals surface area contributed by atoms with Crippen LogP contribution in [0.2, 0.25) is 0 Å². The molecule has 1 fully saturated rings. The van der Waals surface area contributed by atoms with Gasteiger partial charge in [0.15, 0.2) is 0 Å². The van der Waals surface area contributed by atoms with Gasteiger partial charge in [-0.25, -0.2) is 0 Å². The van der Waals surface area contributed by atoms with E-state index in [4.69, 9.17) is 5.11 Å². The summed E-state index contributed by atoms with van der Waals surface area (Å²) in [6.45, 7) is 7.37. The summed E-state index contributed by atoms with van der Waals surface area (Å²) in [4.78, 5) is 12.9. The Morgan fingerprint density at radius 1 is 1.44 bits per heavy atom. The number of carboxylic acids is 1. The Morgan fingerprint density at radius 3 is 2.81 bits per heavy atom. The van der Waals surface area contributed by atoms with Crippen molar-refractivity contribution in [2.45, 2.75) is 51.6 Å². The zero-order valence-electron chi connectivity index (χ0n) is 10.4. The Labute approximate surface area is 98.0 Å². The second-order valence-electron chi connectivity index (χ2n) is 4.86. The number of aliphatic carboxylic acids is 1. The Balaban J connectivity index is 2.22. The van der Waals surface area contributed by atoms with Crippen molar-refractivity contribution < 1.29 is 9.90 Å². The van der Waals surface area contributed by atoms with E-state index >= 15 is 0 Å². The first-order valence-electron chi connectivity index (χ1n) is 6.29. The third-order valence-electron chi connectivity index (χ3n) is 3.26. The summed E-state index contributed by atoms with van der Waals surface area (Å²) in [7, 11) is 0. The number of carbonyl (C=O) groups is 1. The molecule has 16 heavy (non-hydrogen) atoms. The van der Waals surface area contributed by atoms with Gasteiger partial charge < -0.3 is 15.3 Å². The number of carboxylic acid groups (broad SMARTS) is 1. The van der Waals surface area contributed by atoms with Gasteiger partial charge in [-0.1, -0.05) is 0 Å². The van der Waals surface area contributed by atoms with Crippen LogP contribution in [-0.4, -0.2) is 47.7 Å². The van der Waals surface area contributed by atoms with Gasteiger partial charge in [0.25, 0.3) is 0 Å². The third kappa shape index (κ3) is 4.94. The van der Waals surface area contributed by atoms with Gasteiger partial charge in [-0.2, -0.15) is 0 Å². The molecule has 0 radical (unpaired) electrons. The lowest BCUT2D eigenvalue weighted by Gasteiger charge is -2.24. The molecule has 0 amide bonds. The normalized spacial score (nSPS) is 23.3. The zero-order chi connectivity index (χ0) is 12.0. The topological polar surface area (TPSA) is 52.6 Å². The second kappa shape index (κ2) is 6.86. The van der Waals surface area contributed by atoms with E-state index in [0.717, 1.165) is 13.0 Å². The minimum Gasteiger partial charge on any atom is -0.481 e. The van der Waals surface area contributed by atoms with Gasteiger partial charge in [-0.3, -0.25) is 4.79 Å². The highest BCUT2D eigenvalue weighted by Crippen LogP contribution is 2.13. The second-order valence-corrected chi connectivity index (χ2v) is 4.86. The largest absolute Gasteiger partial charge is 0.481 e. The van der Waals surface area contributed by atoms with Crippen LogP contribution < -0.4 is 5.32 Å². The average molecular weight is 228 g/mol. The first-order valence-corrected chi connectivity index (χ1v) is 6.29. The van der Waals surface area contributed by atoms with Crippen LogP contribution in [0.5, 0.6) is 0 Å². The van der Waals surface area contributed by atoms with E-state index in [0.29, 0.717) is 18.6 Å². The molecule has 4 heteroatoms. The van der Waals surface area contributed by atoms with Crippen molar-refractivity contribution >= 4 is 5.97 Å². The molecule has 1 atom stereocenters. The van der Waals surface area contributed by atoms with Crippen LogP contribution in [0, 0.1) is 0 Å². The molecule has 94 valence electrons. The molecular weight excluding hydrogens is 204 g/mol. The minimum atomic E-state index is -0.718. The van der Waals surface area contributed by atoms with Gasteiger partial charge in [0.2, 0.25) is 0 Å². The fraction of sp³-hybridized carbons (Fsp3) is 0.917. The summed E-state index contributed by atoms with van der Waals surface area (Å²) in [5.41, 5.74) is 0. The van der Waals surface area contributed by atoms with E-state index in [1.807, 2.05) is 0 Å². The molecule has 0 aliphatic carbocycles. The highest BCUT2D eigenvalue weighted by molar-refractivity contribution is 5.66. The van der Waals surface area contributed by atoms with Crippen LogP contribution >= 0.6 is 0 Å².